The molecule has 2 rings (SSSR count). The Balaban J connectivity index is 2.30. The third-order valence-corrected chi connectivity index (χ3v) is 2.35. The predicted molar refractivity (Wildman–Crippen MR) is 62.9 cm³/mol. The fourth-order valence-electron chi connectivity index (χ4n) is 1.42. The molecule has 98 valence electrons. The summed E-state index contributed by atoms with van der Waals surface area (Å²) in [5, 5.41) is 2.11. The highest BCUT2D eigenvalue weighted by molar-refractivity contribution is 6.07. The second kappa shape index (κ2) is 4.97. The molecular formula is C12H8F3N3O. The molecule has 0 spiro atoms. The molecule has 0 saturated carbocycles. The van der Waals surface area contributed by atoms with Gasteiger partial charge in [-0.15, -0.1) is 0 Å². The minimum Gasteiger partial charge on any atom is -0.397 e. The normalized spacial score (nSPS) is 10.3. The van der Waals surface area contributed by atoms with Gasteiger partial charge in [-0.3, -0.25) is 9.78 Å². The molecule has 0 fully saturated rings. The zero-order valence-electron chi connectivity index (χ0n) is 9.45. The molecule has 3 N–H and O–H groups in total. The average molecular weight is 267 g/mol. The van der Waals surface area contributed by atoms with Gasteiger partial charge in [0, 0.05) is 18.3 Å². The molecule has 7 heteroatoms. The standard InChI is InChI=1S/C12H8F3N3O/c13-7-3-9(15)11(4-8(7)14)18-12(19)6-1-2-17-5-10(6)16/h1-5H,16H2,(H,18,19). The van der Waals surface area contributed by atoms with Crippen molar-refractivity contribution in [3.63, 3.8) is 0 Å². The number of rotatable bonds is 2. The summed E-state index contributed by atoms with van der Waals surface area (Å²) < 4.78 is 39.0. The van der Waals surface area contributed by atoms with E-state index in [2.05, 4.69) is 10.3 Å². The largest absolute Gasteiger partial charge is 0.397 e. The van der Waals surface area contributed by atoms with Crippen molar-refractivity contribution >= 4 is 17.3 Å². The SMILES string of the molecule is Nc1cnccc1C(=O)Nc1cc(F)c(F)cc1F. The molecule has 0 radical (unpaired) electrons. The van der Waals surface area contributed by atoms with E-state index in [4.69, 9.17) is 5.73 Å². The maximum absolute atomic E-state index is 13.3. The monoisotopic (exact) mass is 267 g/mol. The van der Waals surface area contributed by atoms with Gasteiger partial charge < -0.3 is 11.1 Å². The minimum atomic E-state index is -1.33. The summed E-state index contributed by atoms with van der Waals surface area (Å²) in [7, 11) is 0. The average Bonchev–Trinajstić information content (AvgIpc) is 2.36. The topological polar surface area (TPSA) is 68.0 Å². The van der Waals surface area contributed by atoms with Crippen molar-refractivity contribution in [2.24, 2.45) is 0 Å². The number of anilines is 2. The maximum atomic E-state index is 13.3. The van der Waals surface area contributed by atoms with Gasteiger partial charge in [-0.05, 0) is 6.07 Å². The molecule has 1 aromatic heterocycles. The van der Waals surface area contributed by atoms with Crippen LogP contribution in [-0.4, -0.2) is 10.9 Å². The van der Waals surface area contributed by atoms with E-state index in [1.54, 1.807) is 0 Å². The van der Waals surface area contributed by atoms with E-state index in [9.17, 15) is 18.0 Å². The zero-order chi connectivity index (χ0) is 14.0. The third-order valence-electron chi connectivity index (χ3n) is 2.35. The molecule has 0 bridgehead atoms. The summed E-state index contributed by atoms with van der Waals surface area (Å²) >= 11 is 0. The molecule has 1 aromatic carbocycles. The summed E-state index contributed by atoms with van der Waals surface area (Å²) in [5.41, 5.74) is 5.18. The summed E-state index contributed by atoms with van der Waals surface area (Å²) in [6, 6.07) is 2.23. The highest BCUT2D eigenvalue weighted by atomic mass is 19.2. The second-order valence-electron chi connectivity index (χ2n) is 3.66. The summed E-state index contributed by atoms with van der Waals surface area (Å²) in [5.74, 6) is -4.43. The number of hydrogen-bond donors (Lipinski definition) is 2. The number of aromatic nitrogens is 1. The van der Waals surface area contributed by atoms with E-state index in [1.165, 1.54) is 18.5 Å². The van der Waals surface area contributed by atoms with Gasteiger partial charge >= 0.3 is 0 Å². The second-order valence-corrected chi connectivity index (χ2v) is 3.66. The Kier molecular flexibility index (Phi) is 3.37. The van der Waals surface area contributed by atoms with E-state index in [1.807, 2.05) is 0 Å². The number of nitrogens with zero attached hydrogens (tertiary/aromatic N) is 1. The zero-order valence-corrected chi connectivity index (χ0v) is 9.45. The number of halogens is 3. The first-order valence-corrected chi connectivity index (χ1v) is 5.14. The Morgan fingerprint density at radius 3 is 2.53 bits per heavy atom. The van der Waals surface area contributed by atoms with Crippen LogP contribution in [0.4, 0.5) is 24.5 Å². The van der Waals surface area contributed by atoms with Gasteiger partial charge in [0.15, 0.2) is 11.6 Å². The molecule has 0 saturated heterocycles. The van der Waals surface area contributed by atoms with Crippen LogP contribution in [0.5, 0.6) is 0 Å². The highest BCUT2D eigenvalue weighted by Gasteiger charge is 2.14. The van der Waals surface area contributed by atoms with Crippen LogP contribution in [0.25, 0.3) is 0 Å². The van der Waals surface area contributed by atoms with Gasteiger partial charge in [0.25, 0.3) is 5.91 Å². The number of nitrogen functional groups attached to an aromatic ring is 1. The smallest absolute Gasteiger partial charge is 0.257 e. The van der Waals surface area contributed by atoms with Crippen LogP contribution < -0.4 is 11.1 Å². The number of nitrogens with two attached hydrogens (primary N) is 1. The van der Waals surface area contributed by atoms with Crippen LogP contribution in [0.3, 0.4) is 0 Å². The number of carbonyl (C=O) groups is 1. The van der Waals surface area contributed by atoms with Gasteiger partial charge in [-0.1, -0.05) is 0 Å². The third kappa shape index (κ3) is 2.65. The lowest BCUT2D eigenvalue weighted by Gasteiger charge is -2.08. The van der Waals surface area contributed by atoms with E-state index in [0.717, 1.165) is 0 Å². The Hall–Kier alpha value is -2.57. The van der Waals surface area contributed by atoms with Crippen LogP contribution in [0.15, 0.2) is 30.6 Å². The van der Waals surface area contributed by atoms with Crippen LogP contribution in [0, 0.1) is 17.5 Å². The lowest BCUT2D eigenvalue weighted by atomic mass is 10.2. The predicted octanol–water partition coefficient (Wildman–Crippen LogP) is 2.33. The quantitative estimate of drug-likeness (QED) is 0.820. The maximum Gasteiger partial charge on any atom is 0.257 e. The van der Waals surface area contributed by atoms with E-state index < -0.39 is 29.0 Å². The van der Waals surface area contributed by atoms with Gasteiger partial charge in [0.1, 0.15) is 5.82 Å². The lowest BCUT2D eigenvalue weighted by Crippen LogP contribution is -2.15. The molecule has 4 nitrogen and oxygen atoms in total. The van der Waals surface area contributed by atoms with Crippen LogP contribution in [0.2, 0.25) is 0 Å². The molecule has 19 heavy (non-hydrogen) atoms. The van der Waals surface area contributed by atoms with Crippen LogP contribution in [0.1, 0.15) is 10.4 Å². The number of nitrogens with one attached hydrogen (secondary N) is 1. The van der Waals surface area contributed by atoms with Crippen molar-refractivity contribution in [1.29, 1.82) is 0 Å². The van der Waals surface area contributed by atoms with Gasteiger partial charge in [0.2, 0.25) is 0 Å². The van der Waals surface area contributed by atoms with Crippen molar-refractivity contribution in [2.45, 2.75) is 0 Å². The number of pyridine rings is 1. The Labute approximate surface area is 106 Å². The molecule has 0 aliphatic rings. The Bertz CT molecular complexity index is 646. The molecule has 2 aromatic rings. The fourth-order valence-corrected chi connectivity index (χ4v) is 1.42. The molecule has 0 unspecified atom stereocenters. The lowest BCUT2D eigenvalue weighted by molar-refractivity contribution is 0.102. The number of hydrogen-bond acceptors (Lipinski definition) is 3. The summed E-state index contributed by atoms with van der Waals surface area (Å²) in [4.78, 5) is 15.5. The molecule has 1 amide bonds. The number of carbonyl (C=O) groups excluding carboxylic acids is 1. The van der Waals surface area contributed by atoms with Crippen LogP contribution in [-0.2, 0) is 0 Å². The van der Waals surface area contributed by atoms with Crippen LogP contribution >= 0.6 is 0 Å². The minimum absolute atomic E-state index is 0.0548. The number of amides is 1. The Morgan fingerprint density at radius 1 is 1.16 bits per heavy atom. The first-order chi connectivity index (χ1) is 8.99. The van der Waals surface area contributed by atoms with E-state index >= 15 is 0 Å². The fraction of sp³-hybridized carbons (Fsp3) is 0. The van der Waals surface area contributed by atoms with Crippen molar-refractivity contribution in [2.75, 3.05) is 11.1 Å². The highest BCUT2D eigenvalue weighted by Crippen LogP contribution is 2.20. The first kappa shape index (κ1) is 12.9. The molecule has 0 aliphatic carbocycles. The first-order valence-electron chi connectivity index (χ1n) is 5.14. The van der Waals surface area contributed by atoms with Gasteiger partial charge in [-0.25, -0.2) is 13.2 Å². The van der Waals surface area contributed by atoms with Crippen molar-refractivity contribution in [3.05, 3.63) is 53.6 Å². The summed E-state index contributed by atoms with van der Waals surface area (Å²) in [6.07, 6.45) is 2.57. The van der Waals surface area contributed by atoms with E-state index in [-0.39, 0.29) is 11.3 Å². The molecule has 0 aliphatic heterocycles. The summed E-state index contributed by atoms with van der Waals surface area (Å²) in [6.45, 7) is 0. The van der Waals surface area contributed by atoms with Gasteiger partial charge in [-0.2, -0.15) is 0 Å². The van der Waals surface area contributed by atoms with Crippen molar-refractivity contribution < 1.29 is 18.0 Å². The number of benzene rings is 1. The molecular weight excluding hydrogens is 259 g/mol. The van der Waals surface area contributed by atoms with Gasteiger partial charge in [0.05, 0.1) is 23.1 Å². The Morgan fingerprint density at radius 2 is 1.84 bits per heavy atom. The van der Waals surface area contributed by atoms with E-state index in [0.29, 0.717) is 12.1 Å². The van der Waals surface area contributed by atoms with Crippen molar-refractivity contribution in [1.82, 2.24) is 4.98 Å². The molecule has 1 heterocycles. The molecule has 0 atom stereocenters. The van der Waals surface area contributed by atoms with Crippen molar-refractivity contribution in [3.8, 4) is 0 Å².